The van der Waals surface area contributed by atoms with Gasteiger partial charge >= 0.3 is 0 Å². The summed E-state index contributed by atoms with van der Waals surface area (Å²) in [5.74, 6) is 0.722. The third-order valence-corrected chi connectivity index (χ3v) is 2.80. The van der Waals surface area contributed by atoms with Crippen LogP contribution in [0, 0.1) is 21.4 Å². The Morgan fingerprint density at radius 1 is 1.62 bits per heavy atom. The molecular weight excluding hydrogens is 228 g/mol. The standard InChI is InChI=1S/C10H10N2O3S/c1-15-4-5-16-9-3-2-8(7-11)10(6-9)12(13)14/h2-3,6H,4-5H2,1H3. The van der Waals surface area contributed by atoms with Gasteiger partial charge in [-0.2, -0.15) is 5.26 Å². The van der Waals surface area contributed by atoms with Crippen LogP contribution < -0.4 is 0 Å². The molecule has 0 spiro atoms. The molecule has 0 amide bonds. The Labute approximate surface area is 97.2 Å². The molecule has 84 valence electrons. The van der Waals surface area contributed by atoms with Gasteiger partial charge in [0.05, 0.1) is 11.5 Å². The second-order valence-electron chi connectivity index (χ2n) is 2.89. The van der Waals surface area contributed by atoms with Crippen LogP contribution in [0.25, 0.3) is 0 Å². The van der Waals surface area contributed by atoms with Crippen molar-refractivity contribution in [3.05, 3.63) is 33.9 Å². The van der Waals surface area contributed by atoms with Crippen LogP contribution in [0.15, 0.2) is 23.1 Å². The summed E-state index contributed by atoms with van der Waals surface area (Å²) in [4.78, 5) is 10.9. The number of hydrogen-bond donors (Lipinski definition) is 0. The van der Waals surface area contributed by atoms with Crippen molar-refractivity contribution < 1.29 is 9.66 Å². The molecular formula is C10H10N2O3S. The summed E-state index contributed by atoms with van der Waals surface area (Å²) in [6.07, 6.45) is 0. The zero-order chi connectivity index (χ0) is 12.0. The summed E-state index contributed by atoms with van der Waals surface area (Å²) in [5.41, 5.74) is -0.0639. The van der Waals surface area contributed by atoms with Crippen molar-refractivity contribution in [1.82, 2.24) is 0 Å². The van der Waals surface area contributed by atoms with E-state index in [-0.39, 0.29) is 11.3 Å². The summed E-state index contributed by atoms with van der Waals surface area (Å²) in [7, 11) is 1.60. The zero-order valence-electron chi connectivity index (χ0n) is 8.67. The van der Waals surface area contributed by atoms with Gasteiger partial charge in [0.25, 0.3) is 5.69 Å². The highest BCUT2D eigenvalue weighted by atomic mass is 32.2. The van der Waals surface area contributed by atoms with Crippen LogP contribution in [-0.2, 0) is 4.74 Å². The van der Waals surface area contributed by atoms with Crippen LogP contribution in [0.5, 0.6) is 0 Å². The molecule has 0 N–H and O–H groups in total. The first-order chi connectivity index (χ1) is 7.69. The lowest BCUT2D eigenvalue weighted by atomic mass is 10.2. The quantitative estimate of drug-likeness (QED) is 0.340. The molecule has 1 rings (SSSR count). The second kappa shape index (κ2) is 6.10. The molecule has 1 aromatic rings. The first-order valence-corrected chi connectivity index (χ1v) is 5.48. The van der Waals surface area contributed by atoms with Crippen molar-refractivity contribution in [2.45, 2.75) is 4.90 Å². The van der Waals surface area contributed by atoms with Gasteiger partial charge in [0, 0.05) is 23.8 Å². The Bertz CT molecular complexity index is 429. The van der Waals surface area contributed by atoms with E-state index in [1.54, 1.807) is 19.2 Å². The monoisotopic (exact) mass is 238 g/mol. The van der Waals surface area contributed by atoms with Gasteiger partial charge < -0.3 is 4.74 Å². The Kier molecular flexibility index (Phi) is 4.76. The number of rotatable bonds is 5. The second-order valence-corrected chi connectivity index (χ2v) is 4.06. The van der Waals surface area contributed by atoms with E-state index in [0.29, 0.717) is 6.61 Å². The van der Waals surface area contributed by atoms with Gasteiger partial charge in [-0.05, 0) is 12.1 Å². The minimum atomic E-state index is -0.543. The van der Waals surface area contributed by atoms with Gasteiger partial charge in [0.1, 0.15) is 11.6 Å². The zero-order valence-corrected chi connectivity index (χ0v) is 9.49. The number of nitro benzene ring substituents is 1. The van der Waals surface area contributed by atoms with E-state index >= 15 is 0 Å². The average Bonchev–Trinajstić information content (AvgIpc) is 2.29. The molecule has 0 heterocycles. The summed E-state index contributed by atoms with van der Waals surface area (Å²) in [5, 5.41) is 19.4. The van der Waals surface area contributed by atoms with Crippen LogP contribution in [0.1, 0.15) is 5.56 Å². The van der Waals surface area contributed by atoms with E-state index in [4.69, 9.17) is 10.00 Å². The van der Waals surface area contributed by atoms with E-state index in [0.717, 1.165) is 10.6 Å². The molecule has 0 bridgehead atoms. The van der Waals surface area contributed by atoms with Crippen LogP contribution in [-0.4, -0.2) is 24.4 Å². The average molecular weight is 238 g/mol. The first-order valence-electron chi connectivity index (χ1n) is 4.49. The van der Waals surface area contributed by atoms with Crippen LogP contribution >= 0.6 is 11.8 Å². The topological polar surface area (TPSA) is 76.2 Å². The molecule has 16 heavy (non-hydrogen) atoms. The fraction of sp³-hybridized carbons (Fsp3) is 0.300. The third kappa shape index (κ3) is 3.22. The van der Waals surface area contributed by atoms with Gasteiger partial charge in [-0.25, -0.2) is 0 Å². The van der Waals surface area contributed by atoms with Crippen molar-refractivity contribution in [1.29, 1.82) is 5.26 Å². The maximum atomic E-state index is 10.7. The van der Waals surface area contributed by atoms with Crippen molar-refractivity contribution in [2.75, 3.05) is 19.5 Å². The molecule has 0 aliphatic rings. The fourth-order valence-electron chi connectivity index (χ4n) is 1.09. The van der Waals surface area contributed by atoms with Gasteiger partial charge in [-0.3, -0.25) is 10.1 Å². The summed E-state index contributed by atoms with van der Waals surface area (Å²) >= 11 is 1.46. The molecule has 0 saturated heterocycles. The van der Waals surface area contributed by atoms with Crippen molar-refractivity contribution in [3.8, 4) is 6.07 Å². The van der Waals surface area contributed by atoms with E-state index in [9.17, 15) is 10.1 Å². The molecule has 1 aromatic carbocycles. The number of hydrogen-bond acceptors (Lipinski definition) is 5. The number of thioether (sulfide) groups is 1. The molecule has 5 nitrogen and oxygen atoms in total. The van der Waals surface area contributed by atoms with Crippen molar-refractivity contribution in [2.24, 2.45) is 0 Å². The lowest BCUT2D eigenvalue weighted by Crippen LogP contribution is -1.94. The van der Waals surface area contributed by atoms with Crippen molar-refractivity contribution >= 4 is 17.4 Å². The van der Waals surface area contributed by atoms with E-state index in [1.807, 2.05) is 0 Å². The SMILES string of the molecule is COCCSc1ccc(C#N)c([N+](=O)[O-])c1. The highest BCUT2D eigenvalue weighted by Gasteiger charge is 2.14. The van der Waals surface area contributed by atoms with E-state index in [2.05, 4.69) is 0 Å². The van der Waals surface area contributed by atoms with Crippen molar-refractivity contribution in [3.63, 3.8) is 0 Å². The van der Waals surface area contributed by atoms with Gasteiger partial charge in [-0.15, -0.1) is 11.8 Å². The Morgan fingerprint density at radius 3 is 2.94 bits per heavy atom. The Balaban J connectivity index is 2.86. The highest BCUT2D eigenvalue weighted by molar-refractivity contribution is 7.99. The third-order valence-electron chi connectivity index (χ3n) is 1.84. The summed E-state index contributed by atoms with van der Waals surface area (Å²) in [6, 6.07) is 6.38. The number of nitro groups is 1. The summed E-state index contributed by atoms with van der Waals surface area (Å²) < 4.78 is 4.88. The molecule has 0 aromatic heterocycles. The number of nitrogens with zero attached hydrogens (tertiary/aromatic N) is 2. The normalized spacial score (nSPS) is 9.75. The van der Waals surface area contributed by atoms with Gasteiger partial charge in [-0.1, -0.05) is 0 Å². The molecule has 0 unspecified atom stereocenters. The summed E-state index contributed by atoms with van der Waals surface area (Å²) in [6.45, 7) is 0.582. The highest BCUT2D eigenvalue weighted by Crippen LogP contribution is 2.25. The molecule has 0 fully saturated rings. The first kappa shape index (κ1) is 12.5. The Morgan fingerprint density at radius 2 is 2.38 bits per heavy atom. The molecule has 0 aliphatic heterocycles. The van der Waals surface area contributed by atoms with E-state index in [1.165, 1.54) is 23.9 Å². The molecule has 0 radical (unpaired) electrons. The van der Waals surface area contributed by atoms with Crippen LogP contribution in [0.4, 0.5) is 5.69 Å². The maximum absolute atomic E-state index is 10.7. The molecule has 6 heteroatoms. The van der Waals surface area contributed by atoms with Crippen LogP contribution in [0.3, 0.4) is 0 Å². The number of benzene rings is 1. The molecule has 0 aliphatic carbocycles. The number of methoxy groups -OCH3 is 1. The maximum Gasteiger partial charge on any atom is 0.288 e. The number of nitriles is 1. The predicted octanol–water partition coefficient (Wildman–Crippen LogP) is 2.20. The van der Waals surface area contributed by atoms with Gasteiger partial charge in [0.15, 0.2) is 0 Å². The smallest absolute Gasteiger partial charge is 0.288 e. The minimum Gasteiger partial charge on any atom is -0.384 e. The Hall–Kier alpha value is -1.58. The van der Waals surface area contributed by atoms with Crippen LogP contribution in [0.2, 0.25) is 0 Å². The van der Waals surface area contributed by atoms with E-state index < -0.39 is 4.92 Å². The fourth-order valence-corrected chi connectivity index (χ4v) is 1.93. The molecule has 0 atom stereocenters. The molecule has 0 saturated carbocycles. The van der Waals surface area contributed by atoms with Gasteiger partial charge in [0.2, 0.25) is 0 Å². The lowest BCUT2D eigenvalue weighted by Gasteiger charge is -2.01. The number of ether oxygens (including phenoxy) is 1. The largest absolute Gasteiger partial charge is 0.384 e. The minimum absolute atomic E-state index is 0.0843. The lowest BCUT2D eigenvalue weighted by molar-refractivity contribution is -0.385. The predicted molar refractivity (Wildman–Crippen MR) is 60.4 cm³/mol.